The quantitative estimate of drug-likeness (QED) is 0.414. The fraction of sp³-hybridized carbons (Fsp3) is 0.391. The third-order valence-corrected chi connectivity index (χ3v) is 9.11. The molecule has 36 heavy (non-hydrogen) atoms. The van der Waals surface area contributed by atoms with Gasteiger partial charge in [-0.05, 0) is 32.0 Å². The molecule has 3 aromatic rings. The van der Waals surface area contributed by atoms with Gasteiger partial charge in [0.05, 0.1) is 32.6 Å². The molecule has 1 aromatic carbocycles. The lowest BCUT2D eigenvalue weighted by molar-refractivity contribution is 0.0794. The molecule has 13 heteroatoms. The lowest BCUT2D eigenvalue weighted by atomic mass is 9.91. The van der Waals surface area contributed by atoms with Crippen molar-refractivity contribution in [2.45, 2.75) is 30.6 Å². The highest BCUT2D eigenvalue weighted by atomic mass is 32.2. The van der Waals surface area contributed by atoms with Gasteiger partial charge in [-0.1, -0.05) is 5.16 Å². The van der Waals surface area contributed by atoms with Crippen molar-refractivity contribution < 1.29 is 31.0 Å². The molecule has 0 saturated carbocycles. The van der Waals surface area contributed by atoms with Crippen molar-refractivity contribution in [1.29, 1.82) is 0 Å². The second kappa shape index (κ2) is 9.60. The molecular formula is C23H23F4N5O3S. The molecule has 3 heterocycles. The fourth-order valence-electron chi connectivity index (χ4n) is 3.74. The molecule has 0 N–H and O–H groups in total. The molecule has 0 spiro atoms. The summed E-state index contributed by atoms with van der Waals surface area (Å²) < 4.78 is 80.8. The summed E-state index contributed by atoms with van der Waals surface area (Å²) in [6, 6.07) is 5.48. The van der Waals surface area contributed by atoms with E-state index in [2.05, 4.69) is 24.5 Å². The molecule has 0 bridgehead atoms. The van der Waals surface area contributed by atoms with E-state index >= 15 is 0 Å². The lowest BCUT2D eigenvalue weighted by Gasteiger charge is -2.38. The molecule has 0 amide bonds. The third-order valence-electron chi connectivity index (χ3n) is 5.91. The van der Waals surface area contributed by atoms with E-state index < -0.39 is 45.5 Å². The summed E-state index contributed by atoms with van der Waals surface area (Å²) in [7, 11) is -1.55. The molecule has 0 radical (unpaired) electrons. The van der Waals surface area contributed by atoms with Crippen LogP contribution in [0, 0.1) is 5.82 Å². The normalized spacial score (nSPS) is 23.1. The van der Waals surface area contributed by atoms with Crippen molar-refractivity contribution in [3.05, 3.63) is 48.0 Å². The zero-order valence-electron chi connectivity index (χ0n) is 19.6. The van der Waals surface area contributed by atoms with Crippen LogP contribution in [0.5, 0.6) is 5.88 Å². The minimum absolute atomic E-state index is 0.0749. The Kier molecular flexibility index (Phi) is 6.86. The largest absolute Gasteiger partial charge is 0.470 e. The highest BCUT2D eigenvalue weighted by molar-refractivity contribution is 7.95. The summed E-state index contributed by atoms with van der Waals surface area (Å²) >= 11 is 0. The average Bonchev–Trinajstić information content (AvgIpc) is 3.35. The maximum atomic E-state index is 15.0. The molecule has 0 unspecified atom stereocenters. The molecule has 2 atom stereocenters. The molecule has 1 aliphatic rings. The van der Waals surface area contributed by atoms with E-state index in [1.807, 2.05) is 0 Å². The topological polar surface area (TPSA) is 103 Å². The van der Waals surface area contributed by atoms with Gasteiger partial charge in [0.15, 0.2) is 12.4 Å². The minimum Gasteiger partial charge on any atom is -0.470 e. The maximum absolute atomic E-state index is 15.0. The average molecular weight is 526 g/mol. The number of hydrogen-bond donors (Lipinski definition) is 0. The van der Waals surface area contributed by atoms with Gasteiger partial charge in [-0.2, -0.15) is 0 Å². The number of hydrogen-bond acceptors (Lipinski definition) is 8. The Bertz CT molecular complexity index is 1400. The van der Waals surface area contributed by atoms with Gasteiger partial charge < -0.3 is 9.26 Å². The Hall–Kier alpha value is -3.35. The summed E-state index contributed by atoms with van der Waals surface area (Å²) in [5.74, 6) is -0.847. The molecule has 0 aliphatic carbocycles. The number of rotatable bonds is 7. The molecule has 8 nitrogen and oxygen atoms in total. The first kappa shape index (κ1) is 25.7. The van der Waals surface area contributed by atoms with Crippen LogP contribution in [-0.4, -0.2) is 62.8 Å². The summed E-state index contributed by atoms with van der Waals surface area (Å²) in [5.41, 5.74) is -0.865. The van der Waals surface area contributed by atoms with Crippen molar-refractivity contribution in [3.63, 3.8) is 0 Å². The Morgan fingerprint density at radius 3 is 2.61 bits per heavy atom. The Morgan fingerprint density at radius 1 is 1.19 bits per heavy atom. The lowest BCUT2D eigenvalue weighted by Crippen LogP contribution is -2.49. The van der Waals surface area contributed by atoms with E-state index in [4.69, 9.17) is 9.26 Å². The summed E-state index contributed by atoms with van der Waals surface area (Å²) in [6.07, 6.45) is 1.19. The van der Waals surface area contributed by atoms with Gasteiger partial charge in [-0.25, -0.2) is 36.1 Å². The van der Waals surface area contributed by atoms with Gasteiger partial charge in [0.2, 0.25) is 5.88 Å². The summed E-state index contributed by atoms with van der Waals surface area (Å²) in [6.45, 7) is 1.50. The van der Waals surface area contributed by atoms with Crippen LogP contribution in [0.3, 0.4) is 0 Å². The van der Waals surface area contributed by atoms with E-state index in [-0.39, 0.29) is 34.3 Å². The molecule has 192 valence electrons. The van der Waals surface area contributed by atoms with Gasteiger partial charge in [0, 0.05) is 30.5 Å². The first-order valence-corrected chi connectivity index (χ1v) is 12.5. The molecule has 0 fully saturated rings. The van der Waals surface area contributed by atoms with Crippen LogP contribution < -0.4 is 4.74 Å². The van der Waals surface area contributed by atoms with E-state index in [9.17, 15) is 21.8 Å². The van der Waals surface area contributed by atoms with E-state index in [1.54, 1.807) is 13.8 Å². The molecule has 0 saturated heterocycles. The first-order valence-electron chi connectivity index (χ1n) is 10.8. The second-order valence-electron chi connectivity index (χ2n) is 8.71. The highest BCUT2D eigenvalue weighted by Gasteiger charge is 2.47. The van der Waals surface area contributed by atoms with Crippen LogP contribution in [-0.2, 0) is 15.3 Å². The first-order chi connectivity index (χ1) is 17.0. The summed E-state index contributed by atoms with van der Waals surface area (Å²) in [4.78, 5) is 12.3. The standard InChI is InChI=1S/C23H23F4N5O3S/c1-22(2)12-31-23(11-24,13-36(22,33)28-3)15-6-14(4-5-16(15)25)19-7-17(32-35-19)18-8-30-21(9-29-18)34-10-20(26)27/h4-9,12,20H,10-11,13H2,1-3H3/t23-,36+/m0/s1. The number of ether oxygens (including phenoxy) is 1. The SMILES string of the molecule is CN=[S@@]1(=O)C[C@@](CF)(c2cc(-c3cc(-c4cnc(OCC(F)F)cn4)no3)ccc2F)N=CC1(C)C. The van der Waals surface area contributed by atoms with Crippen LogP contribution >= 0.6 is 0 Å². The number of aliphatic imine (C=N–C) groups is 1. The zero-order valence-corrected chi connectivity index (χ0v) is 20.4. The Morgan fingerprint density at radius 2 is 1.97 bits per heavy atom. The van der Waals surface area contributed by atoms with E-state index in [1.165, 1.54) is 43.9 Å². The van der Waals surface area contributed by atoms with Crippen LogP contribution in [0.4, 0.5) is 17.6 Å². The van der Waals surface area contributed by atoms with Crippen molar-refractivity contribution in [3.8, 4) is 28.6 Å². The third kappa shape index (κ3) is 4.71. The van der Waals surface area contributed by atoms with Crippen LogP contribution in [0.1, 0.15) is 19.4 Å². The second-order valence-corrected chi connectivity index (χ2v) is 11.7. The minimum atomic E-state index is -2.95. The van der Waals surface area contributed by atoms with Crippen LogP contribution in [0.25, 0.3) is 22.7 Å². The number of halogens is 4. The predicted octanol–water partition coefficient (Wildman–Crippen LogP) is 4.71. The number of alkyl halides is 3. The Labute approximate surface area is 205 Å². The molecule has 1 aliphatic heterocycles. The highest BCUT2D eigenvalue weighted by Crippen LogP contribution is 2.40. The maximum Gasteiger partial charge on any atom is 0.272 e. The number of nitrogens with zero attached hydrogens (tertiary/aromatic N) is 5. The van der Waals surface area contributed by atoms with Gasteiger partial charge in [0.25, 0.3) is 6.43 Å². The van der Waals surface area contributed by atoms with Gasteiger partial charge in [-0.3, -0.25) is 4.99 Å². The van der Waals surface area contributed by atoms with Crippen molar-refractivity contribution in [2.24, 2.45) is 9.36 Å². The van der Waals surface area contributed by atoms with Gasteiger partial charge >= 0.3 is 0 Å². The molecule has 2 aromatic heterocycles. The van der Waals surface area contributed by atoms with Gasteiger partial charge in [0.1, 0.15) is 29.4 Å². The van der Waals surface area contributed by atoms with Crippen molar-refractivity contribution in [2.75, 3.05) is 26.1 Å². The summed E-state index contributed by atoms with van der Waals surface area (Å²) in [5, 5.41) is 3.93. The van der Waals surface area contributed by atoms with Crippen molar-refractivity contribution >= 4 is 15.9 Å². The van der Waals surface area contributed by atoms with Crippen LogP contribution in [0.2, 0.25) is 0 Å². The molecular weight excluding hydrogens is 502 g/mol. The fourth-order valence-corrected chi connectivity index (χ4v) is 5.88. The number of benzene rings is 1. The van der Waals surface area contributed by atoms with E-state index in [0.717, 1.165) is 6.07 Å². The monoisotopic (exact) mass is 525 g/mol. The predicted molar refractivity (Wildman–Crippen MR) is 126 cm³/mol. The van der Waals surface area contributed by atoms with Crippen molar-refractivity contribution in [1.82, 2.24) is 15.1 Å². The molecule has 4 rings (SSSR count). The smallest absolute Gasteiger partial charge is 0.272 e. The van der Waals surface area contributed by atoms with Crippen LogP contribution in [0.15, 0.2) is 50.5 Å². The number of aromatic nitrogens is 3. The zero-order chi connectivity index (χ0) is 26.1. The van der Waals surface area contributed by atoms with Gasteiger partial charge in [-0.15, -0.1) is 0 Å². The van der Waals surface area contributed by atoms with E-state index in [0.29, 0.717) is 5.56 Å². The Balaban J connectivity index is 1.67.